The summed E-state index contributed by atoms with van der Waals surface area (Å²) in [4.78, 5) is 17.5. The summed E-state index contributed by atoms with van der Waals surface area (Å²) in [5.74, 6) is 1.40. The van der Waals surface area contributed by atoms with Crippen molar-refractivity contribution >= 4 is 11.7 Å². The summed E-state index contributed by atoms with van der Waals surface area (Å²) >= 11 is 0. The zero-order valence-electron chi connectivity index (χ0n) is 13.7. The normalized spacial score (nSPS) is 19.7. The molecule has 1 unspecified atom stereocenters. The second-order valence-corrected chi connectivity index (χ2v) is 5.87. The minimum absolute atomic E-state index is 0.126. The zero-order valence-corrected chi connectivity index (χ0v) is 13.7. The van der Waals surface area contributed by atoms with Crippen LogP contribution in [0.1, 0.15) is 18.1 Å². The predicted molar refractivity (Wildman–Crippen MR) is 90.7 cm³/mol. The van der Waals surface area contributed by atoms with Crippen molar-refractivity contribution in [3.05, 3.63) is 41.5 Å². The molecule has 0 spiro atoms. The van der Waals surface area contributed by atoms with Crippen molar-refractivity contribution in [2.45, 2.75) is 12.5 Å². The Labute approximate surface area is 141 Å². The fourth-order valence-corrected chi connectivity index (χ4v) is 2.81. The number of ether oxygens (including phenoxy) is 1. The van der Waals surface area contributed by atoms with E-state index in [4.69, 9.17) is 4.74 Å². The quantitative estimate of drug-likeness (QED) is 0.727. The molecule has 0 saturated carbocycles. The Kier molecular flexibility index (Phi) is 5.12. The van der Waals surface area contributed by atoms with E-state index in [1.54, 1.807) is 7.11 Å². The summed E-state index contributed by atoms with van der Waals surface area (Å²) in [6.45, 7) is 2.33. The van der Waals surface area contributed by atoms with Crippen molar-refractivity contribution in [1.29, 1.82) is 0 Å². The third-order valence-electron chi connectivity index (χ3n) is 4.23. The van der Waals surface area contributed by atoms with Crippen molar-refractivity contribution in [2.24, 2.45) is 4.99 Å². The number of nitrogens with one attached hydrogen (secondary N) is 2. The van der Waals surface area contributed by atoms with Gasteiger partial charge in [0, 0.05) is 19.6 Å². The number of rotatable bonds is 5. The predicted octanol–water partition coefficient (Wildman–Crippen LogP) is 0.394. The third kappa shape index (κ3) is 3.93. The molecule has 3 rings (SSSR count). The van der Waals surface area contributed by atoms with Gasteiger partial charge in [0.15, 0.2) is 0 Å². The van der Waals surface area contributed by atoms with Crippen molar-refractivity contribution < 1.29 is 14.6 Å². The maximum Gasteiger partial charge on any atom is 0.260 e. The maximum absolute atomic E-state index is 11.1. The molecule has 128 valence electrons. The highest BCUT2D eigenvalue weighted by molar-refractivity contribution is 6.02. The number of hydrazine groups is 1. The molecule has 0 aromatic heterocycles. The van der Waals surface area contributed by atoms with Crippen LogP contribution in [0.15, 0.2) is 40.9 Å². The van der Waals surface area contributed by atoms with Crippen molar-refractivity contribution in [3.63, 3.8) is 0 Å². The van der Waals surface area contributed by atoms with Crippen LogP contribution in [0, 0.1) is 0 Å². The Morgan fingerprint density at radius 1 is 1.33 bits per heavy atom. The summed E-state index contributed by atoms with van der Waals surface area (Å²) in [6.07, 6.45) is 2.39. The summed E-state index contributed by atoms with van der Waals surface area (Å²) in [6, 6.07) is 7.48. The number of amides is 1. The first kappa shape index (κ1) is 16.5. The Bertz CT molecular complexity index is 654. The highest BCUT2D eigenvalue weighted by Crippen LogP contribution is 2.20. The van der Waals surface area contributed by atoms with E-state index in [-0.39, 0.29) is 12.5 Å². The van der Waals surface area contributed by atoms with E-state index in [0.29, 0.717) is 6.54 Å². The summed E-state index contributed by atoms with van der Waals surface area (Å²) in [5, 5.41) is 10.4. The lowest BCUT2D eigenvalue weighted by atomic mass is 10.0. The molecule has 7 heteroatoms. The van der Waals surface area contributed by atoms with Gasteiger partial charge in [0.05, 0.1) is 13.2 Å². The van der Waals surface area contributed by atoms with Crippen molar-refractivity contribution in [2.75, 3.05) is 33.3 Å². The second kappa shape index (κ2) is 7.46. The van der Waals surface area contributed by atoms with Gasteiger partial charge in [-0.1, -0.05) is 18.2 Å². The smallest absolute Gasteiger partial charge is 0.260 e. The Morgan fingerprint density at radius 3 is 2.71 bits per heavy atom. The first-order valence-corrected chi connectivity index (χ1v) is 7.99. The lowest BCUT2D eigenvalue weighted by Crippen LogP contribution is -2.48. The molecular weight excluding hydrogens is 308 g/mol. The van der Waals surface area contributed by atoms with Crippen LogP contribution in [0.25, 0.3) is 0 Å². The van der Waals surface area contributed by atoms with E-state index in [0.717, 1.165) is 42.2 Å². The van der Waals surface area contributed by atoms with Gasteiger partial charge in [-0.2, -0.15) is 0 Å². The standard InChI is InChI=1S/C17H22N4O3/c1-24-14-4-2-12(3-5-14)15(22)11-21-8-6-13(7-9-21)17-18-10-16(23)19-20-17/h2-6,15,22H,7-11H2,1H3,(H,18,20)(H,19,23). The van der Waals surface area contributed by atoms with Crippen LogP contribution in [0.5, 0.6) is 5.75 Å². The molecule has 1 atom stereocenters. The average Bonchev–Trinajstić information content (AvgIpc) is 2.63. The van der Waals surface area contributed by atoms with Crippen molar-refractivity contribution in [3.8, 4) is 5.75 Å². The summed E-state index contributed by atoms with van der Waals surface area (Å²) in [5.41, 5.74) is 7.40. The number of aliphatic hydroxyl groups is 1. The van der Waals surface area contributed by atoms with Gasteiger partial charge in [0.1, 0.15) is 18.1 Å². The first-order valence-electron chi connectivity index (χ1n) is 7.99. The Balaban J connectivity index is 1.55. The molecular formula is C17H22N4O3. The van der Waals surface area contributed by atoms with Crippen molar-refractivity contribution in [1.82, 2.24) is 15.8 Å². The van der Waals surface area contributed by atoms with E-state index < -0.39 is 6.10 Å². The van der Waals surface area contributed by atoms with Crippen LogP contribution in [0.4, 0.5) is 0 Å². The van der Waals surface area contributed by atoms with Crippen LogP contribution in [-0.2, 0) is 4.79 Å². The molecule has 7 nitrogen and oxygen atoms in total. The van der Waals surface area contributed by atoms with Gasteiger partial charge in [-0.25, -0.2) is 0 Å². The van der Waals surface area contributed by atoms with E-state index in [9.17, 15) is 9.90 Å². The maximum atomic E-state index is 11.1. The van der Waals surface area contributed by atoms with Gasteiger partial charge in [-0.3, -0.25) is 25.5 Å². The lowest BCUT2D eigenvalue weighted by molar-refractivity contribution is -0.120. The molecule has 0 saturated heterocycles. The first-order chi connectivity index (χ1) is 11.7. The lowest BCUT2D eigenvalue weighted by Gasteiger charge is -2.29. The van der Waals surface area contributed by atoms with Crippen LogP contribution in [0.2, 0.25) is 0 Å². The topological polar surface area (TPSA) is 86.2 Å². The summed E-state index contributed by atoms with van der Waals surface area (Å²) in [7, 11) is 1.62. The third-order valence-corrected chi connectivity index (χ3v) is 4.23. The van der Waals surface area contributed by atoms with Gasteiger partial charge in [-0.15, -0.1) is 0 Å². The second-order valence-electron chi connectivity index (χ2n) is 5.87. The minimum Gasteiger partial charge on any atom is -0.497 e. The molecule has 1 aromatic carbocycles. The van der Waals surface area contributed by atoms with Crippen LogP contribution < -0.4 is 15.6 Å². The number of hydrogen-bond donors (Lipinski definition) is 3. The number of amidine groups is 1. The van der Waals surface area contributed by atoms with E-state index >= 15 is 0 Å². The molecule has 2 aliphatic heterocycles. The van der Waals surface area contributed by atoms with Gasteiger partial charge >= 0.3 is 0 Å². The SMILES string of the molecule is COc1ccc(C(O)CN2CC=C(C3=NCC(=O)NN3)CC2)cc1. The van der Waals surface area contributed by atoms with E-state index in [1.807, 2.05) is 24.3 Å². The molecule has 0 aliphatic carbocycles. The average molecular weight is 330 g/mol. The number of carbonyl (C=O) groups is 1. The Morgan fingerprint density at radius 2 is 2.12 bits per heavy atom. The van der Waals surface area contributed by atoms with Crippen LogP contribution in [0.3, 0.4) is 0 Å². The number of β-amino-alcohol motifs (C(OH)–C–C–N with tert-alkyl or cyclic N) is 1. The van der Waals surface area contributed by atoms with Gasteiger partial charge in [0.2, 0.25) is 0 Å². The number of nitrogens with zero attached hydrogens (tertiary/aromatic N) is 2. The summed E-state index contributed by atoms with van der Waals surface area (Å²) < 4.78 is 5.13. The fourth-order valence-electron chi connectivity index (χ4n) is 2.81. The molecule has 2 aliphatic rings. The number of aliphatic hydroxyl groups excluding tert-OH is 1. The highest BCUT2D eigenvalue weighted by Gasteiger charge is 2.20. The monoisotopic (exact) mass is 330 g/mol. The highest BCUT2D eigenvalue weighted by atomic mass is 16.5. The van der Waals surface area contributed by atoms with Gasteiger partial charge in [-0.05, 0) is 29.7 Å². The number of carbonyl (C=O) groups excluding carboxylic acids is 1. The molecule has 0 radical (unpaired) electrons. The minimum atomic E-state index is -0.532. The Hall–Kier alpha value is -2.38. The molecule has 1 aromatic rings. The molecule has 0 bridgehead atoms. The van der Waals surface area contributed by atoms with Crippen LogP contribution >= 0.6 is 0 Å². The number of hydrogen-bond acceptors (Lipinski definition) is 6. The number of aliphatic imine (C=N–C) groups is 1. The molecule has 3 N–H and O–H groups in total. The number of methoxy groups -OCH3 is 1. The van der Waals surface area contributed by atoms with Gasteiger partial charge in [0.25, 0.3) is 5.91 Å². The molecule has 0 fully saturated rings. The van der Waals surface area contributed by atoms with E-state index in [1.165, 1.54) is 0 Å². The largest absolute Gasteiger partial charge is 0.497 e. The van der Waals surface area contributed by atoms with Crippen LogP contribution in [-0.4, -0.2) is 55.0 Å². The molecule has 1 amide bonds. The fraction of sp³-hybridized carbons (Fsp3) is 0.412. The van der Waals surface area contributed by atoms with Gasteiger partial charge < -0.3 is 9.84 Å². The van der Waals surface area contributed by atoms with E-state index in [2.05, 4.69) is 26.8 Å². The zero-order chi connectivity index (χ0) is 16.9. The molecule has 2 heterocycles. The molecule has 24 heavy (non-hydrogen) atoms. The number of benzene rings is 1.